The lowest BCUT2D eigenvalue weighted by molar-refractivity contribution is 0.0698. The van der Waals surface area contributed by atoms with E-state index >= 15 is 0 Å². The molecule has 4 nitrogen and oxygen atoms in total. The second-order valence-electron chi connectivity index (χ2n) is 7.38. The van der Waals surface area contributed by atoms with Gasteiger partial charge in [0.25, 0.3) is 5.91 Å². The lowest BCUT2D eigenvalue weighted by Crippen LogP contribution is -2.15. The number of unbranched alkanes of at least 4 members (excludes halogenated alkanes) is 6. The van der Waals surface area contributed by atoms with Crippen molar-refractivity contribution < 1.29 is 14.7 Å². The first-order valence-electron chi connectivity index (χ1n) is 10.3. The highest BCUT2D eigenvalue weighted by molar-refractivity contribution is 6.07. The number of carbonyl (C=O) groups is 2. The van der Waals surface area contributed by atoms with Crippen molar-refractivity contribution in [3.8, 4) is 0 Å². The van der Waals surface area contributed by atoms with E-state index in [2.05, 4.69) is 12.2 Å². The molecule has 0 bridgehead atoms. The molecule has 0 aliphatic heterocycles. The van der Waals surface area contributed by atoms with Gasteiger partial charge in [0.1, 0.15) is 0 Å². The van der Waals surface area contributed by atoms with Gasteiger partial charge in [-0.05, 0) is 55.2 Å². The Hall–Kier alpha value is -2.62. The Bertz CT molecular complexity index is 781. The third-order valence-corrected chi connectivity index (χ3v) is 4.94. The summed E-state index contributed by atoms with van der Waals surface area (Å²) < 4.78 is 0. The molecule has 0 heterocycles. The second kappa shape index (κ2) is 11.3. The minimum atomic E-state index is -1.06. The van der Waals surface area contributed by atoms with Crippen molar-refractivity contribution in [3.63, 3.8) is 0 Å². The van der Waals surface area contributed by atoms with Gasteiger partial charge >= 0.3 is 5.97 Å². The molecule has 0 unspecified atom stereocenters. The quantitative estimate of drug-likeness (QED) is 0.453. The van der Waals surface area contributed by atoms with Crippen LogP contribution in [0.15, 0.2) is 42.5 Å². The van der Waals surface area contributed by atoms with Gasteiger partial charge in [0.05, 0.1) is 11.3 Å². The molecule has 2 rings (SSSR count). The summed E-state index contributed by atoms with van der Waals surface area (Å²) >= 11 is 0. The van der Waals surface area contributed by atoms with Crippen molar-refractivity contribution in [2.45, 2.75) is 65.2 Å². The molecule has 0 fully saturated rings. The molecule has 4 heteroatoms. The first-order valence-corrected chi connectivity index (χ1v) is 10.3. The summed E-state index contributed by atoms with van der Waals surface area (Å²) in [4.78, 5) is 23.8. The number of aromatic carboxylic acids is 1. The largest absolute Gasteiger partial charge is 0.478 e. The van der Waals surface area contributed by atoms with Crippen LogP contribution in [0.5, 0.6) is 0 Å². The fourth-order valence-electron chi connectivity index (χ4n) is 3.25. The topological polar surface area (TPSA) is 66.4 Å². The van der Waals surface area contributed by atoms with Crippen LogP contribution in [-0.4, -0.2) is 17.0 Å². The highest BCUT2D eigenvalue weighted by atomic mass is 16.4. The smallest absolute Gasteiger partial charge is 0.337 e. The summed E-state index contributed by atoms with van der Waals surface area (Å²) in [5.41, 5.74) is 3.07. The third-order valence-electron chi connectivity index (χ3n) is 4.94. The number of hydrogen-bond donors (Lipinski definition) is 2. The molecule has 2 aromatic carbocycles. The van der Waals surface area contributed by atoms with Gasteiger partial charge in [-0.2, -0.15) is 0 Å². The number of benzene rings is 2. The zero-order valence-corrected chi connectivity index (χ0v) is 17.0. The number of hydrogen-bond acceptors (Lipinski definition) is 2. The lowest BCUT2D eigenvalue weighted by atomic mass is 10.0. The first-order chi connectivity index (χ1) is 13.5. The van der Waals surface area contributed by atoms with Gasteiger partial charge in [-0.25, -0.2) is 4.79 Å². The van der Waals surface area contributed by atoms with Crippen LogP contribution in [0.4, 0.5) is 5.69 Å². The Balaban J connectivity index is 1.87. The van der Waals surface area contributed by atoms with Gasteiger partial charge in [-0.15, -0.1) is 0 Å². The summed E-state index contributed by atoms with van der Waals surface area (Å²) in [5.74, 6) is -1.35. The van der Waals surface area contributed by atoms with Gasteiger partial charge in [0.2, 0.25) is 0 Å². The Morgan fingerprint density at radius 1 is 0.893 bits per heavy atom. The predicted molar refractivity (Wildman–Crippen MR) is 114 cm³/mol. The fourth-order valence-corrected chi connectivity index (χ4v) is 3.25. The van der Waals surface area contributed by atoms with Crippen LogP contribution in [0.3, 0.4) is 0 Å². The standard InChI is InChI=1S/C24H31NO3/c1-3-4-5-6-7-8-9-10-19-12-14-20(15-13-19)23(26)25-22-17-18(2)11-16-21(22)24(27)28/h11-17H,3-10H2,1-2H3,(H,25,26)(H,27,28). The van der Waals surface area contributed by atoms with Crippen LogP contribution >= 0.6 is 0 Å². The number of nitrogens with one attached hydrogen (secondary N) is 1. The highest BCUT2D eigenvalue weighted by Crippen LogP contribution is 2.19. The molecule has 0 atom stereocenters. The van der Waals surface area contributed by atoms with Crippen molar-refractivity contribution in [3.05, 3.63) is 64.7 Å². The summed E-state index contributed by atoms with van der Waals surface area (Å²) in [6.45, 7) is 4.09. The molecule has 0 aromatic heterocycles. The van der Waals surface area contributed by atoms with Crippen LogP contribution in [0, 0.1) is 6.92 Å². The number of carboxylic acids is 1. The van der Waals surface area contributed by atoms with E-state index in [-0.39, 0.29) is 11.5 Å². The Morgan fingerprint density at radius 3 is 2.18 bits per heavy atom. The average Bonchev–Trinajstić information content (AvgIpc) is 2.67. The minimum absolute atomic E-state index is 0.0921. The zero-order valence-electron chi connectivity index (χ0n) is 17.0. The predicted octanol–water partition coefficient (Wildman–Crippen LogP) is 6.24. The van der Waals surface area contributed by atoms with Crippen molar-refractivity contribution in [1.82, 2.24) is 0 Å². The Labute approximate surface area is 168 Å². The van der Waals surface area contributed by atoms with E-state index < -0.39 is 5.97 Å². The van der Waals surface area contributed by atoms with E-state index in [9.17, 15) is 14.7 Å². The van der Waals surface area contributed by atoms with Crippen LogP contribution in [0.25, 0.3) is 0 Å². The maximum Gasteiger partial charge on any atom is 0.337 e. The highest BCUT2D eigenvalue weighted by Gasteiger charge is 2.13. The van der Waals surface area contributed by atoms with Crippen LogP contribution in [0.2, 0.25) is 0 Å². The first kappa shape index (κ1) is 21.7. The van der Waals surface area contributed by atoms with Gasteiger partial charge in [-0.1, -0.05) is 63.6 Å². The number of amides is 1. The van der Waals surface area contributed by atoms with Crippen molar-refractivity contribution in [2.75, 3.05) is 5.32 Å². The van der Waals surface area contributed by atoms with E-state index in [0.717, 1.165) is 12.0 Å². The third kappa shape index (κ3) is 6.84. The molecule has 2 aromatic rings. The molecule has 0 spiro atoms. The van der Waals surface area contributed by atoms with E-state index in [1.54, 1.807) is 12.1 Å². The fraction of sp³-hybridized carbons (Fsp3) is 0.417. The molecule has 0 aliphatic rings. The molecule has 150 valence electrons. The SMILES string of the molecule is CCCCCCCCCc1ccc(C(=O)Nc2cc(C)ccc2C(=O)O)cc1. The second-order valence-corrected chi connectivity index (χ2v) is 7.38. The summed E-state index contributed by atoms with van der Waals surface area (Å²) in [7, 11) is 0. The number of aryl methyl sites for hydroxylation is 2. The monoisotopic (exact) mass is 381 g/mol. The Kier molecular flexibility index (Phi) is 8.73. The number of anilines is 1. The van der Waals surface area contributed by atoms with Crippen molar-refractivity contribution in [1.29, 1.82) is 0 Å². The lowest BCUT2D eigenvalue weighted by Gasteiger charge is -2.10. The summed E-state index contributed by atoms with van der Waals surface area (Å²) in [6, 6.07) is 12.5. The van der Waals surface area contributed by atoms with E-state index in [0.29, 0.717) is 11.3 Å². The van der Waals surface area contributed by atoms with Crippen molar-refractivity contribution in [2.24, 2.45) is 0 Å². The van der Waals surface area contributed by atoms with Crippen LogP contribution in [-0.2, 0) is 6.42 Å². The summed E-state index contributed by atoms with van der Waals surface area (Å²) in [6.07, 6.45) is 10.0. The normalized spacial score (nSPS) is 10.6. The molecule has 1 amide bonds. The van der Waals surface area contributed by atoms with Gasteiger partial charge < -0.3 is 10.4 Å². The molecular weight excluding hydrogens is 350 g/mol. The van der Waals surface area contributed by atoms with Crippen LogP contribution < -0.4 is 5.32 Å². The zero-order chi connectivity index (χ0) is 20.4. The molecular formula is C24H31NO3. The molecule has 0 saturated carbocycles. The van der Waals surface area contributed by atoms with Gasteiger partial charge in [0.15, 0.2) is 0 Å². The molecule has 0 aliphatic carbocycles. The average molecular weight is 382 g/mol. The Morgan fingerprint density at radius 2 is 1.54 bits per heavy atom. The summed E-state index contributed by atoms with van der Waals surface area (Å²) in [5, 5.41) is 12.0. The van der Waals surface area contributed by atoms with E-state index in [1.807, 2.05) is 31.2 Å². The van der Waals surface area contributed by atoms with Crippen molar-refractivity contribution >= 4 is 17.6 Å². The van der Waals surface area contributed by atoms with Crippen LogP contribution in [0.1, 0.15) is 83.7 Å². The molecule has 0 saturated heterocycles. The number of rotatable bonds is 11. The maximum absolute atomic E-state index is 12.5. The van der Waals surface area contributed by atoms with Gasteiger partial charge in [0, 0.05) is 5.56 Å². The van der Waals surface area contributed by atoms with E-state index in [1.165, 1.54) is 56.6 Å². The molecule has 2 N–H and O–H groups in total. The molecule has 28 heavy (non-hydrogen) atoms. The number of carboxylic acid groups (broad SMARTS) is 1. The van der Waals surface area contributed by atoms with Gasteiger partial charge in [-0.3, -0.25) is 4.79 Å². The molecule has 0 radical (unpaired) electrons. The van der Waals surface area contributed by atoms with E-state index in [4.69, 9.17) is 0 Å². The minimum Gasteiger partial charge on any atom is -0.478 e. The number of carbonyl (C=O) groups excluding carboxylic acids is 1. The maximum atomic E-state index is 12.5.